The van der Waals surface area contributed by atoms with E-state index in [0.29, 0.717) is 5.69 Å². The van der Waals surface area contributed by atoms with E-state index in [2.05, 4.69) is 20.3 Å². The molecular formula is C17H18FN5O5S. The third-order valence-electron chi connectivity index (χ3n) is 3.95. The van der Waals surface area contributed by atoms with Gasteiger partial charge >= 0.3 is 18.1 Å². The molecule has 3 rings (SSSR count). The number of aromatic nitrogens is 3. The van der Waals surface area contributed by atoms with Crippen LogP contribution in [0.4, 0.5) is 14.9 Å². The fraction of sp³-hybridized carbons (Fsp3) is 0.353. The largest absolute Gasteiger partial charge is 0.467 e. The average molecular weight is 423 g/mol. The molecule has 1 aliphatic heterocycles. The molecule has 1 aromatic carbocycles. The Morgan fingerprint density at radius 3 is 2.45 bits per heavy atom. The molecule has 1 aliphatic rings. The van der Waals surface area contributed by atoms with E-state index in [9.17, 15) is 14.0 Å². The molecule has 12 heteroatoms. The highest BCUT2D eigenvalue weighted by molar-refractivity contribution is 7.99. The highest BCUT2D eigenvalue weighted by Crippen LogP contribution is 2.33. The van der Waals surface area contributed by atoms with Crippen LogP contribution < -0.4 is 19.7 Å². The highest BCUT2D eigenvalue weighted by atomic mass is 32.2. The first-order valence-electron chi connectivity index (χ1n) is 8.40. The number of cyclic esters (lactones) is 1. The number of benzene rings is 1. The molecule has 0 aliphatic carbocycles. The second-order valence-electron chi connectivity index (χ2n) is 5.92. The fourth-order valence-corrected chi connectivity index (χ4v) is 3.36. The van der Waals surface area contributed by atoms with Crippen LogP contribution in [-0.2, 0) is 9.53 Å². The van der Waals surface area contributed by atoms with Gasteiger partial charge in [0.15, 0.2) is 6.23 Å². The molecule has 2 aromatic rings. The molecule has 1 saturated heterocycles. The number of halogens is 1. The van der Waals surface area contributed by atoms with E-state index >= 15 is 0 Å². The van der Waals surface area contributed by atoms with Crippen LogP contribution in [0.2, 0.25) is 0 Å². The zero-order valence-electron chi connectivity index (χ0n) is 16.0. The third kappa shape index (κ3) is 4.47. The molecule has 1 aromatic heterocycles. The topological polar surface area (TPSA) is 116 Å². The molecule has 1 N–H and O–H groups in total. The molecule has 0 bridgehead atoms. The van der Waals surface area contributed by atoms with E-state index in [1.165, 1.54) is 38.2 Å². The second-order valence-corrected chi connectivity index (χ2v) is 6.93. The van der Waals surface area contributed by atoms with Crippen LogP contribution in [0.5, 0.6) is 12.0 Å². The Hall–Kier alpha value is -3.15. The lowest BCUT2D eigenvalue weighted by atomic mass is 10.2. The predicted molar refractivity (Wildman–Crippen MR) is 99.5 cm³/mol. The van der Waals surface area contributed by atoms with Crippen molar-refractivity contribution < 1.29 is 28.2 Å². The lowest BCUT2D eigenvalue weighted by Crippen LogP contribution is -2.43. The summed E-state index contributed by atoms with van der Waals surface area (Å²) in [6.45, 7) is 3.01. The number of rotatable bonds is 6. The van der Waals surface area contributed by atoms with E-state index in [1.807, 2.05) is 0 Å². The van der Waals surface area contributed by atoms with Crippen molar-refractivity contribution in [2.75, 3.05) is 19.1 Å². The molecule has 0 spiro atoms. The van der Waals surface area contributed by atoms with Crippen molar-refractivity contribution >= 4 is 29.4 Å². The van der Waals surface area contributed by atoms with Gasteiger partial charge in [-0.05, 0) is 36.9 Å². The molecule has 0 saturated carbocycles. The van der Waals surface area contributed by atoms with Crippen LogP contribution in [0.15, 0.2) is 28.3 Å². The van der Waals surface area contributed by atoms with Gasteiger partial charge in [-0.15, -0.1) is 4.98 Å². The number of hydrogen-bond donors (Lipinski definition) is 1. The van der Waals surface area contributed by atoms with E-state index in [-0.39, 0.29) is 28.0 Å². The van der Waals surface area contributed by atoms with Gasteiger partial charge in [0.05, 0.1) is 30.8 Å². The standard InChI is InChI=1S/C17H18FN5O5S/c1-8-13(19-9(2)24)28-17(25)23(8)10-5-6-12(11(18)7-10)29-16-21-14(26-3)20-15(22-16)27-4/h5-8,13H,1-4H3,(H,19,24)/t8?,13-/m0/s1. The quantitative estimate of drug-likeness (QED) is 0.744. The number of carbonyl (C=O) groups excluding carboxylic acids is 2. The summed E-state index contributed by atoms with van der Waals surface area (Å²) in [4.78, 5) is 36.9. The maximum absolute atomic E-state index is 14.7. The first-order valence-corrected chi connectivity index (χ1v) is 9.22. The number of hydrogen-bond acceptors (Lipinski definition) is 9. The lowest BCUT2D eigenvalue weighted by Gasteiger charge is -2.21. The van der Waals surface area contributed by atoms with Gasteiger partial charge in [0.1, 0.15) is 5.82 Å². The molecule has 10 nitrogen and oxygen atoms in total. The Balaban J connectivity index is 1.82. The van der Waals surface area contributed by atoms with Crippen LogP contribution in [0.3, 0.4) is 0 Å². The van der Waals surface area contributed by atoms with E-state index < -0.39 is 24.2 Å². The Bertz CT molecular complexity index is 924. The molecule has 2 heterocycles. The summed E-state index contributed by atoms with van der Waals surface area (Å²) in [6.07, 6.45) is -1.50. The van der Waals surface area contributed by atoms with Gasteiger partial charge in [0, 0.05) is 6.92 Å². The number of nitrogens with one attached hydrogen (secondary N) is 1. The van der Waals surface area contributed by atoms with Crippen molar-refractivity contribution in [3.63, 3.8) is 0 Å². The Morgan fingerprint density at radius 2 is 1.90 bits per heavy atom. The predicted octanol–water partition coefficient (Wildman–Crippen LogP) is 1.99. The Kier molecular flexibility index (Phi) is 6.01. The van der Waals surface area contributed by atoms with Crippen molar-refractivity contribution in [3.05, 3.63) is 24.0 Å². The molecular weight excluding hydrogens is 405 g/mol. The Labute approximate surface area is 169 Å². The fourth-order valence-electron chi connectivity index (χ4n) is 2.63. The van der Waals surface area contributed by atoms with Gasteiger partial charge in [-0.25, -0.2) is 9.18 Å². The van der Waals surface area contributed by atoms with Gasteiger partial charge in [-0.2, -0.15) is 9.97 Å². The number of anilines is 1. The summed E-state index contributed by atoms with van der Waals surface area (Å²) in [5.41, 5.74) is 0.294. The van der Waals surface area contributed by atoms with Gasteiger partial charge in [-0.1, -0.05) is 0 Å². The minimum atomic E-state index is -0.817. The SMILES string of the molecule is COc1nc(OC)nc(Sc2ccc(N3C(=O)O[C@H](NC(C)=O)C3C)cc2F)n1. The third-order valence-corrected chi connectivity index (χ3v) is 4.87. The van der Waals surface area contributed by atoms with Gasteiger partial charge in [0.2, 0.25) is 11.1 Å². The first-order chi connectivity index (χ1) is 13.8. The van der Waals surface area contributed by atoms with Crippen molar-refractivity contribution in [2.45, 2.75) is 36.2 Å². The van der Waals surface area contributed by atoms with Crippen molar-refractivity contribution in [1.82, 2.24) is 20.3 Å². The van der Waals surface area contributed by atoms with E-state index in [4.69, 9.17) is 14.2 Å². The normalized spacial score (nSPS) is 18.4. The highest BCUT2D eigenvalue weighted by Gasteiger charge is 2.40. The molecule has 1 fully saturated rings. The Morgan fingerprint density at radius 1 is 1.24 bits per heavy atom. The molecule has 1 unspecified atom stereocenters. The smallest absolute Gasteiger partial charge is 0.416 e. The summed E-state index contributed by atoms with van der Waals surface area (Å²) in [5.74, 6) is -0.925. The zero-order chi connectivity index (χ0) is 21.1. The molecule has 29 heavy (non-hydrogen) atoms. The maximum Gasteiger partial charge on any atom is 0.416 e. The molecule has 2 amide bonds. The minimum Gasteiger partial charge on any atom is -0.467 e. The first kappa shape index (κ1) is 20.6. The van der Waals surface area contributed by atoms with Crippen LogP contribution >= 0.6 is 11.8 Å². The van der Waals surface area contributed by atoms with Crippen LogP contribution in [0, 0.1) is 5.82 Å². The van der Waals surface area contributed by atoms with Crippen molar-refractivity contribution in [1.29, 1.82) is 0 Å². The van der Waals surface area contributed by atoms with Gasteiger partial charge in [-0.3, -0.25) is 9.69 Å². The summed E-state index contributed by atoms with van der Waals surface area (Å²) in [6, 6.07) is 3.81. The minimum absolute atomic E-state index is 0.0361. The number of methoxy groups -OCH3 is 2. The van der Waals surface area contributed by atoms with Crippen molar-refractivity contribution in [3.8, 4) is 12.0 Å². The number of carbonyl (C=O) groups is 2. The molecule has 0 radical (unpaired) electrons. The molecule has 2 atom stereocenters. The van der Waals surface area contributed by atoms with Gasteiger partial charge in [0.25, 0.3) is 0 Å². The summed E-state index contributed by atoms with van der Waals surface area (Å²) < 4.78 is 29.8. The van der Waals surface area contributed by atoms with Crippen LogP contribution in [0.25, 0.3) is 0 Å². The zero-order valence-corrected chi connectivity index (χ0v) is 16.8. The van der Waals surface area contributed by atoms with Gasteiger partial charge < -0.3 is 19.5 Å². The number of ether oxygens (including phenoxy) is 3. The van der Waals surface area contributed by atoms with Crippen LogP contribution in [0.1, 0.15) is 13.8 Å². The lowest BCUT2D eigenvalue weighted by molar-refractivity contribution is -0.121. The van der Waals surface area contributed by atoms with E-state index in [1.54, 1.807) is 13.0 Å². The summed E-state index contributed by atoms with van der Waals surface area (Å²) >= 11 is 0.946. The summed E-state index contributed by atoms with van der Waals surface area (Å²) in [7, 11) is 2.78. The second kappa shape index (κ2) is 8.47. The van der Waals surface area contributed by atoms with Crippen LogP contribution in [-0.4, -0.2) is 53.4 Å². The summed E-state index contributed by atoms with van der Waals surface area (Å²) in [5, 5.41) is 2.71. The monoisotopic (exact) mass is 423 g/mol. The van der Waals surface area contributed by atoms with E-state index in [0.717, 1.165) is 11.8 Å². The average Bonchev–Trinajstić information content (AvgIpc) is 2.95. The van der Waals surface area contributed by atoms with Crippen molar-refractivity contribution in [2.24, 2.45) is 0 Å². The number of amides is 2. The number of nitrogens with zero attached hydrogens (tertiary/aromatic N) is 4. The molecule has 154 valence electrons. The maximum atomic E-state index is 14.7.